The summed E-state index contributed by atoms with van der Waals surface area (Å²) in [5.41, 5.74) is 4.05. The highest BCUT2D eigenvalue weighted by Gasteiger charge is 2.30. The molecule has 0 saturated carbocycles. The summed E-state index contributed by atoms with van der Waals surface area (Å²) in [5, 5.41) is 5.60. The number of nitrogens with zero attached hydrogens (tertiary/aromatic N) is 4. The second-order valence-electron chi connectivity index (χ2n) is 9.60. The number of fused-ring (bicyclic) bond motifs is 1. The van der Waals surface area contributed by atoms with Gasteiger partial charge in [-0.05, 0) is 57.4 Å². The minimum Gasteiger partial charge on any atom is -0.377 e. The number of rotatable bonds is 6. The molecule has 9 heteroatoms. The monoisotopic (exact) mass is 480 g/mol. The molecule has 5 rings (SSSR count). The smallest absolute Gasteiger partial charge is 0.319 e. The molecule has 2 fully saturated rings. The van der Waals surface area contributed by atoms with Gasteiger partial charge in [0.05, 0.1) is 31.1 Å². The molecule has 3 aliphatic rings. The predicted molar refractivity (Wildman–Crippen MR) is 136 cm³/mol. The maximum absolute atomic E-state index is 11.9. The minimum absolute atomic E-state index is 0.208. The zero-order valence-corrected chi connectivity index (χ0v) is 20.8. The van der Waals surface area contributed by atoms with Crippen molar-refractivity contribution >= 4 is 17.5 Å². The summed E-state index contributed by atoms with van der Waals surface area (Å²) in [4.78, 5) is 26.9. The van der Waals surface area contributed by atoms with E-state index in [9.17, 15) is 4.79 Å². The molecule has 35 heavy (non-hydrogen) atoms. The van der Waals surface area contributed by atoms with Crippen LogP contribution in [0.5, 0.6) is 0 Å². The minimum atomic E-state index is -0.208. The van der Waals surface area contributed by atoms with E-state index in [4.69, 9.17) is 19.4 Å². The van der Waals surface area contributed by atoms with Crippen LogP contribution in [0.4, 0.5) is 16.3 Å². The molecular weight excluding hydrogens is 444 g/mol. The van der Waals surface area contributed by atoms with Gasteiger partial charge in [0.1, 0.15) is 5.82 Å². The summed E-state index contributed by atoms with van der Waals surface area (Å²) in [7, 11) is 0. The van der Waals surface area contributed by atoms with Crippen LogP contribution in [0.1, 0.15) is 37.9 Å². The Hall–Kier alpha value is -2.75. The van der Waals surface area contributed by atoms with Crippen LogP contribution in [-0.4, -0.2) is 79.0 Å². The van der Waals surface area contributed by atoms with Gasteiger partial charge in [-0.1, -0.05) is 0 Å². The molecule has 0 aliphatic carbocycles. The standard InChI is InChI=1S/C26H36N6O3/c1-3-27-26(33)28-20-8-6-19(7-9-20)24-29-23-16-31(15-21-5-4-13-35-21)11-10-22(23)25(30-24)32-12-14-34-17-18(32)2/h6-9,18,21H,3-5,10-17H2,1-2H3,(H2,27,28,33). The quantitative estimate of drug-likeness (QED) is 0.657. The first-order valence-corrected chi connectivity index (χ1v) is 12.8. The zero-order valence-electron chi connectivity index (χ0n) is 20.8. The number of hydrogen-bond donors (Lipinski definition) is 2. The summed E-state index contributed by atoms with van der Waals surface area (Å²) in [5.74, 6) is 1.77. The van der Waals surface area contributed by atoms with Crippen molar-refractivity contribution < 1.29 is 14.3 Å². The summed E-state index contributed by atoms with van der Waals surface area (Å²) >= 11 is 0. The Morgan fingerprint density at radius 2 is 2.03 bits per heavy atom. The van der Waals surface area contributed by atoms with Crippen molar-refractivity contribution in [1.29, 1.82) is 0 Å². The Labute approximate surface area is 207 Å². The third kappa shape index (κ3) is 5.58. The van der Waals surface area contributed by atoms with E-state index in [0.29, 0.717) is 25.9 Å². The molecule has 2 amide bonds. The normalized spacial score (nSPS) is 22.6. The van der Waals surface area contributed by atoms with Gasteiger partial charge in [0.15, 0.2) is 5.82 Å². The predicted octanol–water partition coefficient (Wildman–Crippen LogP) is 3.05. The average molecular weight is 481 g/mol. The fraction of sp³-hybridized carbons (Fsp3) is 0.577. The number of carbonyl (C=O) groups excluding carboxylic acids is 1. The van der Waals surface area contributed by atoms with Crippen molar-refractivity contribution in [1.82, 2.24) is 20.2 Å². The third-order valence-corrected chi connectivity index (χ3v) is 6.99. The first-order valence-electron chi connectivity index (χ1n) is 12.8. The Morgan fingerprint density at radius 3 is 2.77 bits per heavy atom. The second kappa shape index (κ2) is 10.9. The van der Waals surface area contributed by atoms with Crippen LogP contribution in [-0.2, 0) is 22.4 Å². The van der Waals surface area contributed by atoms with E-state index >= 15 is 0 Å². The lowest BCUT2D eigenvalue weighted by atomic mass is 10.0. The zero-order chi connectivity index (χ0) is 24.2. The van der Waals surface area contributed by atoms with Gasteiger partial charge in [-0.25, -0.2) is 14.8 Å². The van der Waals surface area contributed by atoms with Crippen molar-refractivity contribution in [2.24, 2.45) is 0 Å². The van der Waals surface area contributed by atoms with Crippen LogP contribution in [0.15, 0.2) is 24.3 Å². The van der Waals surface area contributed by atoms with Crippen LogP contribution in [0.25, 0.3) is 11.4 Å². The summed E-state index contributed by atoms with van der Waals surface area (Å²) in [6.45, 7) is 10.6. The third-order valence-electron chi connectivity index (χ3n) is 6.99. The number of anilines is 2. The summed E-state index contributed by atoms with van der Waals surface area (Å²) < 4.78 is 11.6. The van der Waals surface area contributed by atoms with Gasteiger partial charge in [0, 0.05) is 56.1 Å². The molecular formula is C26H36N6O3. The first-order chi connectivity index (χ1) is 17.1. The molecule has 2 N–H and O–H groups in total. The molecule has 9 nitrogen and oxygen atoms in total. The van der Waals surface area contributed by atoms with Crippen molar-refractivity contribution in [2.75, 3.05) is 56.2 Å². The van der Waals surface area contributed by atoms with E-state index in [1.54, 1.807) is 0 Å². The maximum Gasteiger partial charge on any atom is 0.319 e. The Morgan fingerprint density at radius 1 is 1.17 bits per heavy atom. The number of benzene rings is 1. The van der Waals surface area contributed by atoms with E-state index < -0.39 is 0 Å². The fourth-order valence-corrected chi connectivity index (χ4v) is 5.14. The molecule has 2 saturated heterocycles. The van der Waals surface area contributed by atoms with E-state index in [2.05, 4.69) is 27.4 Å². The van der Waals surface area contributed by atoms with E-state index in [0.717, 1.165) is 80.6 Å². The molecule has 1 aromatic heterocycles. The molecule has 0 radical (unpaired) electrons. The van der Waals surface area contributed by atoms with Crippen molar-refractivity contribution in [3.05, 3.63) is 35.5 Å². The molecule has 1 aromatic carbocycles. The molecule has 2 unspecified atom stereocenters. The second-order valence-corrected chi connectivity index (χ2v) is 9.60. The van der Waals surface area contributed by atoms with Gasteiger partial charge >= 0.3 is 6.03 Å². The first kappa shape index (κ1) is 24.0. The van der Waals surface area contributed by atoms with E-state index in [1.807, 2.05) is 31.2 Å². The maximum atomic E-state index is 11.9. The van der Waals surface area contributed by atoms with Crippen molar-refractivity contribution in [3.8, 4) is 11.4 Å². The van der Waals surface area contributed by atoms with Crippen LogP contribution < -0.4 is 15.5 Å². The number of carbonyl (C=O) groups is 1. The highest BCUT2D eigenvalue weighted by molar-refractivity contribution is 5.89. The van der Waals surface area contributed by atoms with Crippen LogP contribution in [0.2, 0.25) is 0 Å². The number of nitrogens with one attached hydrogen (secondary N) is 2. The molecule has 4 heterocycles. The lowest BCUT2D eigenvalue weighted by Gasteiger charge is -2.38. The van der Waals surface area contributed by atoms with Crippen molar-refractivity contribution in [2.45, 2.75) is 51.8 Å². The number of ether oxygens (including phenoxy) is 2. The van der Waals surface area contributed by atoms with Crippen molar-refractivity contribution in [3.63, 3.8) is 0 Å². The fourth-order valence-electron chi connectivity index (χ4n) is 5.14. The highest BCUT2D eigenvalue weighted by Crippen LogP contribution is 2.32. The largest absolute Gasteiger partial charge is 0.377 e. The molecule has 2 aromatic rings. The number of urea groups is 1. The lowest BCUT2D eigenvalue weighted by molar-refractivity contribution is 0.0681. The van der Waals surface area contributed by atoms with E-state index in [-0.39, 0.29) is 12.1 Å². The van der Waals surface area contributed by atoms with Gasteiger partial charge in [0.25, 0.3) is 0 Å². The summed E-state index contributed by atoms with van der Waals surface area (Å²) in [6, 6.07) is 7.80. The molecule has 188 valence electrons. The van der Waals surface area contributed by atoms with Gasteiger partial charge in [-0.2, -0.15) is 0 Å². The molecule has 0 bridgehead atoms. The molecule has 2 atom stereocenters. The van der Waals surface area contributed by atoms with Gasteiger partial charge in [0.2, 0.25) is 0 Å². The van der Waals surface area contributed by atoms with Gasteiger partial charge in [-0.3, -0.25) is 4.90 Å². The van der Waals surface area contributed by atoms with E-state index in [1.165, 1.54) is 5.56 Å². The van der Waals surface area contributed by atoms with Crippen LogP contribution in [0.3, 0.4) is 0 Å². The molecule has 0 spiro atoms. The van der Waals surface area contributed by atoms with Gasteiger partial charge in [-0.15, -0.1) is 0 Å². The highest BCUT2D eigenvalue weighted by atomic mass is 16.5. The SMILES string of the molecule is CCNC(=O)Nc1ccc(-c2nc3c(c(N4CCOCC4C)n2)CCN(CC2CCCO2)C3)cc1. The van der Waals surface area contributed by atoms with Gasteiger partial charge < -0.3 is 25.0 Å². The number of aromatic nitrogens is 2. The Kier molecular flexibility index (Phi) is 7.46. The topological polar surface area (TPSA) is 91.9 Å². The Balaban J connectivity index is 1.43. The number of morpholine rings is 1. The number of amides is 2. The lowest BCUT2D eigenvalue weighted by Crippen LogP contribution is -2.45. The average Bonchev–Trinajstić information content (AvgIpc) is 3.37. The molecule has 3 aliphatic heterocycles. The number of hydrogen-bond acceptors (Lipinski definition) is 7. The Bertz CT molecular complexity index is 1020. The summed E-state index contributed by atoms with van der Waals surface area (Å²) in [6.07, 6.45) is 3.58. The van der Waals surface area contributed by atoms with Crippen LogP contribution >= 0.6 is 0 Å². The van der Waals surface area contributed by atoms with Crippen LogP contribution in [0, 0.1) is 0 Å².